The second-order valence-corrected chi connectivity index (χ2v) is 6.51. The predicted molar refractivity (Wildman–Crippen MR) is 73.2 cm³/mol. The molecule has 0 atom stereocenters. The van der Waals surface area contributed by atoms with Crippen LogP contribution >= 0.6 is 46.4 Å². The van der Waals surface area contributed by atoms with Crippen molar-refractivity contribution in [1.82, 2.24) is 0 Å². The molecule has 0 aromatic heterocycles. The number of fused-ring (bicyclic) bond motifs is 1. The lowest BCUT2D eigenvalue weighted by molar-refractivity contribution is -0.136. The Kier molecular flexibility index (Phi) is 3.87. The zero-order valence-corrected chi connectivity index (χ0v) is 12.1. The highest BCUT2D eigenvalue weighted by Gasteiger charge is 2.36. The maximum absolute atomic E-state index is 13.0. The van der Waals surface area contributed by atoms with Gasteiger partial charge in [-0.15, -0.1) is 0 Å². The fourth-order valence-electron chi connectivity index (χ4n) is 1.87. The quantitative estimate of drug-likeness (QED) is 0.488. The molecule has 7 heteroatoms. The van der Waals surface area contributed by atoms with Gasteiger partial charge < -0.3 is 0 Å². The zero-order valence-electron chi connectivity index (χ0n) is 9.03. The highest BCUT2D eigenvalue weighted by atomic mass is 35.6. The molecule has 0 fully saturated rings. The van der Waals surface area contributed by atoms with Gasteiger partial charge in [-0.2, -0.15) is 13.2 Å². The summed E-state index contributed by atoms with van der Waals surface area (Å²) in [5.74, 6) is 0. The van der Waals surface area contributed by atoms with Crippen LogP contribution in [-0.2, 0) is 9.97 Å². The monoisotopic (exact) mass is 346 g/mol. The molecule has 0 aliphatic carbocycles. The fraction of sp³-hybridized carbons (Fsp3) is 0.167. The van der Waals surface area contributed by atoms with Crippen molar-refractivity contribution >= 4 is 57.2 Å². The Hall–Kier alpha value is -0.350. The summed E-state index contributed by atoms with van der Waals surface area (Å²) < 4.78 is 37.3. The van der Waals surface area contributed by atoms with Gasteiger partial charge in [0.2, 0.25) is 3.79 Å². The molecule has 102 valence electrons. The largest absolute Gasteiger partial charge is 0.418 e. The van der Waals surface area contributed by atoms with Gasteiger partial charge >= 0.3 is 6.18 Å². The Balaban J connectivity index is 2.90. The SMILES string of the molecule is FC(F)(F)c1c(Cl)ccc2c(C(Cl)(Cl)Cl)cccc12. The summed E-state index contributed by atoms with van der Waals surface area (Å²) in [6.45, 7) is 0. The van der Waals surface area contributed by atoms with Crippen LogP contribution in [0.5, 0.6) is 0 Å². The summed E-state index contributed by atoms with van der Waals surface area (Å²) >= 11 is 22.9. The lowest BCUT2D eigenvalue weighted by atomic mass is 10.00. The van der Waals surface area contributed by atoms with Crippen molar-refractivity contribution in [2.24, 2.45) is 0 Å². The van der Waals surface area contributed by atoms with Crippen LogP contribution in [0.15, 0.2) is 30.3 Å². The molecule has 0 N–H and O–H groups in total. The Morgan fingerprint density at radius 2 is 1.47 bits per heavy atom. The molecule has 0 bridgehead atoms. The van der Waals surface area contributed by atoms with Crippen LogP contribution in [0.4, 0.5) is 13.2 Å². The van der Waals surface area contributed by atoms with Crippen LogP contribution in [0.25, 0.3) is 10.8 Å². The zero-order chi connectivity index (χ0) is 14.4. The van der Waals surface area contributed by atoms with Gasteiger partial charge in [-0.05, 0) is 16.8 Å². The first-order valence-corrected chi connectivity index (χ1v) is 6.49. The number of hydrogen-bond acceptors (Lipinski definition) is 0. The summed E-state index contributed by atoms with van der Waals surface area (Å²) in [6.07, 6.45) is -4.58. The molecule has 0 unspecified atom stereocenters. The summed E-state index contributed by atoms with van der Waals surface area (Å²) in [4.78, 5) is 0. The molecular weight excluding hydrogens is 343 g/mol. The maximum Gasteiger partial charge on any atom is 0.418 e. The predicted octanol–water partition coefficient (Wildman–Crippen LogP) is 6.34. The van der Waals surface area contributed by atoms with E-state index in [1.807, 2.05) is 0 Å². The molecule has 0 radical (unpaired) electrons. The lowest BCUT2D eigenvalue weighted by Crippen LogP contribution is -2.08. The number of alkyl halides is 6. The Morgan fingerprint density at radius 1 is 0.842 bits per heavy atom. The van der Waals surface area contributed by atoms with Crippen molar-refractivity contribution in [3.05, 3.63) is 46.5 Å². The van der Waals surface area contributed by atoms with E-state index in [-0.39, 0.29) is 21.4 Å². The van der Waals surface area contributed by atoms with Crippen molar-refractivity contribution in [2.45, 2.75) is 9.97 Å². The van der Waals surface area contributed by atoms with Gasteiger partial charge in [-0.1, -0.05) is 70.7 Å². The fourth-order valence-corrected chi connectivity index (χ4v) is 2.63. The Bertz CT molecular complexity index is 629. The number of halogens is 7. The first-order chi connectivity index (χ1) is 8.62. The van der Waals surface area contributed by atoms with Crippen molar-refractivity contribution < 1.29 is 13.2 Å². The standard InChI is InChI=1S/C12H5Cl4F3/c13-9-5-4-6-7(10(9)12(17,18)19)2-1-3-8(6)11(14,15)16/h1-5H. The van der Waals surface area contributed by atoms with Gasteiger partial charge in [0.05, 0.1) is 10.6 Å². The normalized spacial score (nSPS) is 13.0. The smallest absolute Gasteiger partial charge is 0.166 e. The number of benzene rings is 2. The molecule has 0 spiro atoms. The van der Waals surface area contributed by atoms with E-state index in [1.165, 1.54) is 24.3 Å². The Labute approximate surface area is 127 Å². The minimum absolute atomic E-state index is 0.0937. The molecule has 19 heavy (non-hydrogen) atoms. The maximum atomic E-state index is 13.0. The van der Waals surface area contributed by atoms with E-state index in [2.05, 4.69) is 0 Å². The molecule has 0 aliphatic rings. The molecular formula is C12H5Cl4F3. The van der Waals surface area contributed by atoms with Crippen LogP contribution in [0.1, 0.15) is 11.1 Å². The van der Waals surface area contributed by atoms with Gasteiger partial charge in [0.15, 0.2) is 0 Å². The van der Waals surface area contributed by atoms with Crippen LogP contribution in [-0.4, -0.2) is 0 Å². The van der Waals surface area contributed by atoms with Crippen LogP contribution in [0.3, 0.4) is 0 Å². The highest BCUT2D eigenvalue weighted by molar-refractivity contribution is 6.67. The molecule has 0 heterocycles. The third-order valence-electron chi connectivity index (χ3n) is 2.60. The molecule has 2 aromatic carbocycles. The summed E-state index contributed by atoms with van der Waals surface area (Å²) in [7, 11) is 0. The van der Waals surface area contributed by atoms with Crippen molar-refractivity contribution in [1.29, 1.82) is 0 Å². The van der Waals surface area contributed by atoms with E-state index in [9.17, 15) is 13.2 Å². The summed E-state index contributed by atoms with van der Waals surface area (Å²) in [5.41, 5.74) is -0.750. The average molecular weight is 348 g/mol. The summed E-state index contributed by atoms with van der Waals surface area (Å²) in [6, 6.07) is 6.70. The van der Waals surface area contributed by atoms with Crippen LogP contribution in [0, 0.1) is 0 Å². The van der Waals surface area contributed by atoms with E-state index in [1.54, 1.807) is 0 Å². The minimum Gasteiger partial charge on any atom is -0.166 e. The topological polar surface area (TPSA) is 0 Å². The lowest BCUT2D eigenvalue weighted by Gasteiger charge is -2.18. The molecule has 0 saturated carbocycles. The van der Waals surface area contributed by atoms with Crippen LogP contribution < -0.4 is 0 Å². The van der Waals surface area contributed by atoms with E-state index >= 15 is 0 Å². The number of rotatable bonds is 0. The van der Waals surface area contributed by atoms with Crippen LogP contribution in [0.2, 0.25) is 5.02 Å². The third-order valence-corrected chi connectivity index (χ3v) is 3.53. The molecule has 0 nitrogen and oxygen atoms in total. The van der Waals surface area contributed by atoms with Gasteiger partial charge in [0, 0.05) is 5.56 Å². The molecule has 2 aromatic rings. The van der Waals surface area contributed by atoms with E-state index in [0.717, 1.165) is 6.07 Å². The van der Waals surface area contributed by atoms with Crippen molar-refractivity contribution in [3.8, 4) is 0 Å². The van der Waals surface area contributed by atoms with Gasteiger partial charge in [0.1, 0.15) is 0 Å². The van der Waals surface area contributed by atoms with Gasteiger partial charge in [0.25, 0.3) is 0 Å². The highest BCUT2D eigenvalue weighted by Crippen LogP contribution is 2.45. The molecule has 0 saturated heterocycles. The van der Waals surface area contributed by atoms with Crippen molar-refractivity contribution in [3.63, 3.8) is 0 Å². The number of hydrogen-bond donors (Lipinski definition) is 0. The second-order valence-electron chi connectivity index (χ2n) is 3.82. The van der Waals surface area contributed by atoms with E-state index < -0.39 is 15.5 Å². The van der Waals surface area contributed by atoms with Gasteiger partial charge in [-0.25, -0.2) is 0 Å². The minimum atomic E-state index is -4.58. The molecule has 0 amide bonds. The van der Waals surface area contributed by atoms with E-state index in [4.69, 9.17) is 46.4 Å². The molecule has 0 aliphatic heterocycles. The van der Waals surface area contributed by atoms with Gasteiger partial charge in [-0.3, -0.25) is 0 Å². The van der Waals surface area contributed by atoms with E-state index in [0.29, 0.717) is 0 Å². The third kappa shape index (κ3) is 2.89. The average Bonchev–Trinajstić information content (AvgIpc) is 2.24. The molecule has 2 rings (SSSR count). The Morgan fingerprint density at radius 3 is 2.00 bits per heavy atom. The first-order valence-electron chi connectivity index (χ1n) is 4.98. The first kappa shape index (κ1) is 15.0. The summed E-state index contributed by atoms with van der Waals surface area (Å²) in [5, 5.41) is -0.274. The van der Waals surface area contributed by atoms with Crippen molar-refractivity contribution in [2.75, 3.05) is 0 Å². The second kappa shape index (κ2) is 4.88.